The van der Waals surface area contributed by atoms with Crippen LogP contribution in [0.25, 0.3) is 17.2 Å². The van der Waals surface area contributed by atoms with E-state index in [1.165, 1.54) is 18.4 Å². The summed E-state index contributed by atoms with van der Waals surface area (Å²) < 4.78 is 12.4. The van der Waals surface area contributed by atoms with Gasteiger partial charge in [-0.1, -0.05) is 5.16 Å². The molecule has 0 aromatic carbocycles. The zero-order valence-electron chi connectivity index (χ0n) is 17.2. The highest BCUT2D eigenvalue weighted by Gasteiger charge is 2.26. The molecule has 5 heterocycles. The second-order valence-corrected chi connectivity index (χ2v) is 7.91. The van der Waals surface area contributed by atoms with Crippen molar-refractivity contribution in [3.05, 3.63) is 47.3 Å². The second-order valence-electron chi connectivity index (χ2n) is 7.91. The van der Waals surface area contributed by atoms with Gasteiger partial charge in [-0.15, -0.1) is 5.10 Å². The van der Waals surface area contributed by atoms with Crippen LogP contribution in [-0.2, 0) is 13.0 Å². The van der Waals surface area contributed by atoms with Gasteiger partial charge < -0.3 is 14.7 Å². The highest BCUT2D eigenvalue weighted by molar-refractivity contribution is 5.63. The topological polar surface area (TPSA) is 112 Å². The summed E-state index contributed by atoms with van der Waals surface area (Å²) >= 11 is 0. The summed E-state index contributed by atoms with van der Waals surface area (Å²) in [6.07, 6.45) is 7.76. The molecule has 1 fully saturated rings. The smallest absolute Gasteiger partial charge is 0.218 e. The Morgan fingerprint density at radius 1 is 1.27 bits per heavy atom. The lowest BCUT2D eigenvalue weighted by Crippen LogP contribution is -2.29. The molecule has 1 aliphatic rings. The number of nitrogens with two attached hydrogens (primary N) is 1. The van der Waals surface area contributed by atoms with E-state index in [9.17, 15) is 0 Å². The normalized spacial score (nSPS) is 17.3. The fourth-order valence-electron chi connectivity index (χ4n) is 4.27. The minimum Gasteiger partial charge on any atom is -0.461 e. The lowest BCUT2D eigenvalue weighted by atomic mass is 10.1. The van der Waals surface area contributed by atoms with Gasteiger partial charge in [0.25, 0.3) is 0 Å². The molecule has 4 aromatic rings. The summed E-state index contributed by atoms with van der Waals surface area (Å²) in [5, 5.41) is 8.59. The Bertz CT molecular complexity index is 1140. The molecule has 9 nitrogen and oxygen atoms in total. The van der Waals surface area contributed by atoms with Crippen molar-refractivity contribution in [2.24, 2.45) is 0 Å². The Labute approximate surface area is 173 Å². The molecule has 5 rings (SSSR count). The van der Waals surface area contributed by atoms with Crippen molar-refractivity contribution >= 4 is 11.5 Å². The van der Waals surface area contributed by atoms with E-state index in [1.54, 1.807) is 10.8 Å². The van der Waals surface area contributed by atoms with Crippen LogP contribution in [0.5, 0.6) is 0 Å². The Kier molecular flexibility index (Phi) is 4.74. The van der Waals surface area contributed by atoms with Gasteiger partial charge in [-0.25, -0.2) is 14.5 Å². The average molecular weight is 407 g/mol. The molecule has 9 heteroatoms. The Morgan fingerprint density at radius 3 is 2.93 bits per heavy atom. The minimum absolute atomic E-state index is 0.386. The SMILES string of the molecule is Cc1noc(C)c1CN1CCC[C@@H]1CCc1cn2nc(-c3ccco3)nc2c(N)n1. The van der Waals surface area contributed by atoms with E-state index >= 15 is 0 Å². The minimum atomic E-state index is 0.386. The molecule has 1 saturated heterocycles. The van der Waals surface area contributed by atoms with E-state index < -0.39 is 0 Å². The first-order valence-corrected chi connectivity index (χ1v) is 10.3. The lowest BCUT2D eigenvalue weighted by Gasteiger charge is -2.24. The molecule has 30 heavy (non-hydrogen) atoms. The molecule has 0 radical (unpaired) electrons. The summed E-state index contributed by atoms with van der Waals surface area (Å²) in [5.74, 6) is 2.42. The number of hydrogen-bond acceptors (Lipinski definition) is 8. The lowest BCUT2D eigenvalue weighted by molar-refractivity contribution is 0.232. The number of nitrogens with zero attached hydrogens (tertiary/aromatic N) is 6. The van der Waals surface area contributed by atoms with Crippen LogP contribution < -0.4 is 5.73 Å². The Hall–Kier alpha value is -3.20. The van der Waals surface area contributed by atoms with Crippen molar-refractivity contribution in [1.82, 2.24) is 29.6 Å². The van der Waals surface area contributed by atoms with Crippen molar-refractivity contribution in [3.63, 3.8) is 0 Å². The standard InChI is InChI=1S/C21H25N7O2/c1-13-17(14(2)30-26-13)12-27-9-3-5-16(27)8-7-15-11-28-21(19(22)23-15)24-20(25-28)18-6-4-10-29-18/h4,6,10-11,16H,3,5,7-9,12H2,1-2H3,(H2,22,23)/t16-/m1/s1. The predicted molar refractivity (Wildman–Crippen MR) is 111 cm³/mol. The summed E-state index contributed by atoms with van der Waals surface area (Å²) in [5.41, 5.74) is 9.82. The number of hydrogen-bond donors (Lipinski definition) is 1. The van der Waals surface area contributed by atoms with Gasteiger partial charge in [-0.3, -0.25) is 4.90 Å². The van der Waals surface area contributed by atoms with Gasteiger partial charge in [0.1, 0.15) is 5.76 Å². The van der Waals surface area contributed by atoms with Crippen molar-refractivity contribution in [1.29, 1.82) is 0 Å². The molecule has 156 valence electrons. The highest BCUT2D eigenvalue weighted by Crippen LogP contribution is 2.26. The van der Waals surface area contributed by atoms with Gasteiger partial charge in [-0.05, 0) is 58.2 Å². The van der Waals surface area contributed by atoms with E-state index in [0.29, 0.717) is 29.1 Å². The molecule has 0 spiro atoms. The van der Waals surface area contributed by atoms with Crippen LogP contribution in [0.3, 0.4) is 0 Å². The van der Waals surface area contributed by atoms with E-state index in [1.807, 2.05) is 32.2 Å². The summed E-state index contributed by atoms with van der Waals surface area (Å²) in [6, 6.07) is 4.14. The van der Waals surface area contributed by atoms with Crippen LogP contribution in [0.2, 0.25) is 0 Å². The van der Waals surface area contributed by atoms with E-state index in [-0.39, 0.29) is 0 Å². The van der Waals surface area contributed by atoms with Gasteiger partial charge in [0, 0.05) is 18.2 Å². The Morgan fingerprint density at radius 2 is 2.17 bits per heavy atom. The second kappa shape index (κ2) is 7.56. The van der Waals surface area contributed by atoms with Gasteiger partial charge in [0.2, 0.25) is 5.82 Å². The molecule has 0 saturated carbocycles. The van der Waals surface area contributed by atoms with Crippen molar-refractivity contribution < 1.29 is 8.94 Å². The van der Waals surface area contributed by atoms with E-state index in [4.69, 9.17) is 14.7 Å². The third-order valence-corrected chi connectivity index (χ3v) is 5.91. The molecule has 0 unspecified atom stereocenters. The van der Waals surface area contributed by atoms with Crippen molar-refractivity contribution in [2.45, 2.75) is 52.1 Å². The number of aryl methyl sites for hydroxylation is 3. The van der Waals surface area contributed by atoms with Crippen LogP contribution in [0.4, 0.5) is 5.82 Å². The fraction of sp³-hybridized carbons (Fsp3) is 0.429. The maximum Gasteiger partial charge on any atom is 0.218 e. The fourth-order valence-corrected chi connectivity index (χ4v) is 4.27. The molecular weight excluding hydrogens is 382 g/mol. The molecule has 1 atom stereocenters. The van der Waals surface area contributed by atoms with Crippen LogP contribution >= 0.6 is 0 Å². The Balaban J connectivity index is 1.30. The largest absolute Gasteiger partial charge is 0.461 e. The summed E-state index contributed by atoms with van der Waals surface area (Å²) in [4.78, 5) is 11.5. The van der Waals surface area contributed by atoms with Crippen molar-refractivity contribution in [3.8, 4) is 11.6 Å². The predicted octanol–water partition coefficient (Wildman–Crippen LogP) is 3.17. The first-order chi connectivity index (χ1) is 14.6. The monoisotopic (exact) mass is 407 g/mol. The van der Waals surface area contributed by atoms with E-state index in [0.717, 1.165) is 43.1 Å². The van der Waals surface area contributed by atoms with Gasteiger partial charge in [0.05, 0.1) is 23.8 Å². The number of nitrogen functional groups attached to an aromatic ring is 1. The highest BCUT2D eigenvalue weighted by atomic mass is 16.5. The summed E-state index contributed by atoms with van der Waals surface area (Å²) in [7, 11) is 0. The number of furan rings is 1. The van der Waals surface area contributed by atoms with Gasteiger partial charge >= 0.3 is 0 Å². The number of anilines is 1. The van der Waals surface area contributed by atoms with Crippen LogP contribution in [0.15, 0.2) is 33.5 Å². The molecular formula is C21H25N7O2. The number of likely N-dealkylation sites (tertiary alicyclic amines) is 1. The maximum atomic E-state index is 6.17. The third-order valence-electron chi connectivity index (χ3n) is 5.91. The first kappa shape index (κ1) is 18.8. The maximum absolute atomic E-state index is 6.17. The van der Waals surface area contributed by atoms with Crippen LogP contribution in [-0.4, -0.2) is 42.2 Å². The third kappa shape index (κ3) is 3.45. The molecule has 2 N–H and O–H groups in total. The van der Waals surface area contributed by atoms with Crippen molar-refractivity contribution in [2.75, 3.05) is 12.3 Å². The molecule has 0 bridgehead atoms. The average Bonchev–Trinajstić information content (AvgIpc) is 3.51. The quantitative estimate of drug-likeness (QED) is 0.519. The van der Waals surface area contributed by atoms with Gasteiger partial charge in [0.15, 0.2) is 17.2 Å². The number of rotatable bonds is 6. The number of aromatic nitrogens is 5. The molecule has 4 aromatic heterocycles. The van der Waals surface area contributed by atoms with Crippen LogP contribution in [0.1, 0.15) is 42.0 Å². The van der Waals surface area contributed by atoms with Gasteiger partial charge in [-0.2, -0.15) is 0 Å². The zero-order chi connectivity index (χ0) is 20.7. The molecule has 0 amide bonds. The first-order valence-electron chi connectivity index (χ1n) is 10.3. The molecule has 0 aliphatic carbocycles. The summed E-state index contributed by atoms with van der Waals surface area (Å²) in [6.45, 7) is 5.97. The number of fused-ring (bicyclic) bond motifs is 1. The van der Waals surface area contributed by atoms with Crippen LogP contribution in [0, 0.1) is 13.8 Å². The zero-order valence-corrected chi connectivity index (χ0v) is 17.2. The molecule has 1 aliphatic heterocycles. The van der Waals surface area contributed by atoms with E-state index in [2.05, 4.69) is 25.1 Å².